The van der Waals surface area contributed by atoms with Crippen molar-refractivity contribution < 1.29 is 0 Å². The maximum absolute atomic E-state index is 4.45. The first-order valence-corrected chi connectivity index (χ1v) is 11.2. The molecule has 0 heteroatoms. The van der Waals surface area contributed by atoms with E-state index in [2.05, 4.69) is 69.8 Å². The van der Waals surface area contributed by atoms with Crippen LogP contribution in [0.2, 0.25) is 0 Å². The summed E-state index contributed by atoms with van der Waals surface area (Å²) in [4.78, 5) is 0. The van der Waals surface area contributed by atoms with E-state index in [1.54, 1.807) is 0 Å². The number of allylic oxidation sites excluding steroid dienone is 5. The molecule has 0 bridgehead atoms. The van der Waals surface area contributed by atoms with Crippen LogP contribution in [0.1, 0.15) is 96.6 Å². The van der Waals surface area contributed by atoms with E-state index in [9.17, 15) is 0 Å². The van der Waals surface area contributed by atoms with Crippen molar-refractivity contribution in [3.8, 4) is 0 Å². The molecule has 1 aromatic rings. The lowest BCUT2D eigenvalue weighted by atomic mass is 9.78. The molecule has 0 radical (unpaired) electrons. The van der Waals surface area contributed by atoms with Crippen LogP contribution in [0.3, 0.4) is 0 Å². The highest BCUT2D eigenvalue weighted by Gasteiger charge is 2.33. The van der Waals surface area contributed by atoms with Crippen molar-refractivity contribution in [3.63, 3.8) is 0 Å². The number of hydrogen-bond acceptors (Lipinski definition) is 0. The first kappa shape index (κ1) is 23.5. The van der Waals surface area contributed by atoms with E-state index in [1.807, 2.05) is 13.8 Å². The van der Waals surface area contributed by atoms with Crippen molar-refractivity contribution in [1.82, 2.24) is 0 Å². The van der Waals surface area contributed by atoms with Gasteiger partial charge in [0.2, 0.25) is 0 Å². The molecule has 1 aliphatic rings. The molecule has 0 saturated heterocycles. The topological polar surface area (TPSA) is 0 Å². The number of benzene rings is 1. The number of unbranched alkanes of at least 4 members (excludes halogenated alkanes) is 6. The lowest BCUT2D eigenvalue weighted by Crippen LogP contribution is -2.13. The predicted octanol–water partition coefficient (Wildman–Crippen LogP) is 9.07. The lowest BCUT2D eigenvalue weighted by Gasteiger charge is -2.25. The highest BCUT2D eigenvalue weighted by atomic mass is 14.4. The summed E-state index contributed by atoms with van der Waals surface area (Å²) >= 11 is 0. The van der Waals surface area contributed by atoms with E-state index in [0.29, 0.717) is 0 Å². The fraction of sp³-hybridized carbons (Fsp3) is 0.556. The van der Waals surface area contributed by atoms with Crippen LogP contribution in [0, 0.1) is 12.3 Å². The molecule has 0 nitrogen and oxygen atoms in total. The standard InChI is InChI=1S/C25H36.C2H6/c1-5-6-7-8-9-10-11-12-13-18-25(4)19-17-24(22(25)3)23-16-14-15-21(2)20-23;1-2/h12-17,20H,3,5-11,18-19H2,1-2,4H3;1-2H3/b13-12-;. The van der Waals surface area contributed by atoms with Gasteiger partial charge < -0.3 is 0 Å². The molecule has 0 spiro atoms. The second-order valence-electron chi connectivity index (χ2n) is 7.96. The van der Waals surface area contributed by atoms with Crippen molar-refractivity contribution in [1.29, 1.82) is 0 Å². The minimum Gasteiger partial charge on any atom is -0.0946 e. The predicted molar refractivity (Wildman–Crippen MR) is 124 cm³/mol. The molecule has 1 aromatic carbocycles. The second kappa shape index (κ2) is 12.8. The summed E-state index contributed by atoms with van der Waals surface area (Å²) in [7, 11) is 0. The van der Waals surface area contributed by atoms with Crippen molar-refractivity contribution in [2.75, 3.05) is 0 Å². The van der Waals surface area contributed by atoms with Gasteiger partial charge in [0.05, 0.1) is 0 Å². The van der Waals surface area contributed by atoms with Gasteiger partial charge in [0.25, 0.3) is 0 Å². The van der Waals surface area contributed by atoms with Crippen LogP contribution in [0.15, 0.2) is 54.6 Å². The molecular formula is C27H42. The van der Waals surface area contributed by atoms with Crippen molar-refractivity contribution in [3.05, 3.63) is 65.8 Å². The van der Waals surface area contributed by atoms with Crippen LogP contribution < -0.4 is 0 Å². The zero-order chi connectivity index (χ0) is 20.1. The van der Waals surface area contributed by atoms with Crippen LogP contribution in [-0.2, 0) is 0 Å². The Hall–Kier alpha value is -1.56. The SMILES string of the molecule is C=C1C(c2cccc(C)c2)=CCC1(C)C/C=C\CCCCCCCC.CC. The molecule has 0 aliphatic heterocycles. The van der Waals surface area contributed by atoms with Gasteiger partial charge in [0.15, 0.2) is 0 Å². The van der Waals surface area contributed by atoms with Crippen LogP contribution in [0.5, 0.6) is 0 Å². The largest absolute Gasteiger partial charge is 0.0946 e. The fourth-order valence-electron chi connectivity index (χ4n) is 3.71. The second-order valence-corrected chi connectivity index (χ2v) is 7.96. The fourth-order valence-corrected chi connectivity index (χ4v) is 3.71. The summed E-state index contributed by atoms with van der Waals surface area (Å²) < 4.78 is 0. The monoisotopic (exact) mass is 366 g/mol. The van der Waals surface area contributed by atoms with E-state index < -0.39 is 0 Å². The van der Waals surface area contributed by atoms with E-state index in [1.165, 1.54) is 67.2 Å². The van der Waals surface area contributed by atoms with Crippen molar-refractivity contribution in [2.45, 2.75) is 92.4 Å². The molecule has 0 N–H and O–H groups in total. The van der Waals surface area contributed by atoms with Gasteiger partial charge in [0, 0.05) is 0 Å². The Morgan fingerprint density at radius 1 is 1.04 bits per heavy atom. The zero-order valence-electron chi connectivity index (χ0n) is 18.6. The highest BCUT2D eigenvalue weighted by Crippen LogP contribution is 2.48. The highest BCUT2D eigenvalue weighted by molar-refractivity contribution is 5.82. The van der Waals surface area contributed by atoms with Gasteiger partial charge in [-0.25, -0.2) is 0 Å². The maximum atomic E-state index is 4.45. The minimum absolute atomic E-state index is 0.191. The Morgan fingerprint density at radius 3 is 2.44 bits per heavy atom. The quantitative estimate of drug-likeness (QED) is 0.286. The Balaban J connectivity index is 0.00000176. The maximum Gasteiger partial charge on any atom is -0.000591 e. The molecule has 0 aromatic heterocycles. The van der Waals surface area contributed by atoms with E-state index in [0.717, 1.165) is 12.8 Å². The third kappa shape index (κ3) is 7.53. The summed E-state index contributed by atoms with van der Waals surface area (Å²) in [6.45, 7) is 15.3. The van der Waals surface area contributed by atoms with Gasteiger partial charge in [-0.1, -0.05) is 114 Å². The summed E-state index contributed by atoms with van der Waals surface area (Å²) in [5, 5.41) is 0. The third-order valence-electron chi connectivity index (χ3n) is 5.60. The molecule has 150 valence electrons. The Labute approximate surface area is 169 Å². The van der Waals surface area contributed by atoms with E-state index in [-0.39, 0.29) is 5.41 Å². The van der Waals surface area contributed by atoms with Gasteiger partial charge in [0.1, 0.15) is 0 Å². The summed E-state index contributed by atoms with van der Waals surface area (Å²) in [6.07, 6.45) is 18.9. The first-order chi connectivity index (χ1) is 13.1. The van der Waals surface area contributed by atoms with Crippen molar-refractivity contribution >= 4 is 5.57 Å². The Morgan fingerprint density at radius 2 is 1.74 bits per heavy atom. The number of hydrogen-bond donors (Lipinski definition) is 0. The average Bonchev–Trinajstić information content (AvgIpc) is 2.97. The molecule has 2 rings (SSSR count). The first-order valence-electron chi connectivity index (χ1n) is 11.2. The van der Waals surface area contributed by atoms with Crippen LogP contribution in [-0.4, -0.2) is 0 Å². The summed E-state index contributed by atoms with van der Waals surface area (Å²) in [5.41, 5.74) is 5.50. The molecule has 0 heterocycles. The summed E-state index contributed by atoms with van der Waals surface area (Å²) in [6, 6.07) is 8.79. The van der Waals surface area contributed by atoms with Gasteiger partial charge >= 0.3 is 0 Å². The summed E-state index contributed by atoms with van der Waals surface area (Å²) in [5.74, 6) is 0. The van der Waals surface area contributed by atoms with Gasteiger partial charge in [-0.2, -0.15) is 0 Å². The Bertz CT molecular complexity index is 617. The lowest BCUT2D eigenvalue weighted by molar-refractivity contribution is 0.437. The van der Waals surface area contributed by atoms with Crippen LogP contribution >= 0.6 is 0 Å². The molecular weight excluding hydrogens is 324 g/mol. The molecule has 0 amide bonds. The molecule has 1 atom stereocenters. The van der Waals surface area contributed by atoms with Crippen LogP contribution in [0.4, 0.5) is 0 Å². The molecule has 0 fully saturated rings. The smallest absolute Gasteiger partial charge is 0.000591 e. The average molecular weight is 367 g/mol. The van der Waals surface area contributed by atoms with Crippen LogP contribution in [0.25, 0.3) is 5.57 Å². The zero-order valence-corrected chi connectivity index (χ0v) is 18.6. The minimum atomic E-state index is 0.191. The van der Waals surface area contributed by atoms with E-state index >= 15 is 0 Å². The van der Waals surface area contributed by atoms with Gasteiger partial charge in [-0.05, 0) is 54.7 Å². The molecule has 27 heavy (non-hydrogen) atoms. The normalized spacial score (nSPS) is 19.1. The number of aryl methyl sites for hydroxylation is 1. The molecule has 0 saturated carbocycles. The van der Waals surface area contributed by atoms with E-state index in [4.69, 9.17) is 0 Å². The van der Waals surface area contributed by atoms with Crippen molar-refractivity contribution in [2.24, 2.45) is 5.41 Å². The Kier molecular flexibility index (Phi) is 11.1. The molecule has 1 unspecified atom stereocenters. The van der Waals surface area contributed by atoms with Gasteiger partial charge in [-0.15, -0.1) is 0 Å². The molecule has 1 aliphatic carbocycles. The third-order valence-corrected chi connectivity index (χ3v) is 5.60. The number of rotatable bonds is 10. The van der Waals surface area contributed by atoms with Gasteiger partial charge in [-0.3, -0.25) is 0 Å².